The maximum Gasteiger partial charge on any atom is 0.223 e. The maximum atomic E-state index is 12.0. The lowest BCUT2D eigenvalue weighted by atomic mass is 9.92. The van der Waals surface area contributed by atoms with Crippen molar-refractivity contribution in [3.05, 3.63) is 0 Å². The maximum absolute atomic E-state index is 12.0. The quantitative estimate of drug-likeness (QED) is 0.618. The molecule has 0 aromatic carbocycles. The molecule has 0 rings (SSSR count). The molecule has 0 aliphatic rings. The van der Waals surface area contributed by atoms with Gasteiger partial charge >= 0.3 is 0 Å². The Kier molecular flexibility index (Phi) is 8.75. The Morgan fingerprint density at radius 3 is 2.29 bits per heavy atom. The Bertz CT molecular complexity index is 211. The average molecular weight is 259 g/mol. The monoisotopic (exact) mass is 259 g/mol. The second-order valence-electron chi connectivity index (χ2n) is 5.65. The molecule has 0 atom stereocenters. The van der Waals surface area contributed by atoms with E-state index in [0.29, 0.717) is 17.7 Å². The Morgan fingerprint density at radius 2 is 1.82 bits per heavy atom. The van der Waals surface area contributed by atoms with Crippen molar-refractivity contribution in [1.29, 1.82) is 0 Å². The van der Waals surface area contributed by atoms with E-state index in [1.807, 2.05) is 16.7 Å². The van der Waals surface area contributed by atoms with Crippen LogP contribution in [-0.4, -0.2) is 35.4 Å². The summed E-state index contributed by atoms with van der Waals surface area (Å²) in [4.78, 5) is 14.0. The number of carbonyl (C=O) groups excluding carboxylic acids is 1. The van der Waals surface area contributed by atoms with E-state index >= 15 is 0 Å². The van der Waals surface area contributed by atoms with Crippen LogP contribution in [0.3, 0.4) is 0 Å². The van der Waals surface area contributed by atoms with Crippen LogP contribution < -0.4 is 0 Å². The first-order valence-electron chi connectivity index (χ1n) is 6.76. The Balaban J connectivity index is 3.87. The van der Waals surface area contributed by atoms with Gasteiger partial charge in [-0.05, 0) is 30.9 Å². The molecule has 17 heavy (non-hydrogen) atoms. The molecule has 0 heterocycles. The minimum absolute atomic E-state index is 0.310. The van der Waals surface area contributed by atoms with Crippen molar-refractivity contribution in [2.45, 2.75) is 53.9 Å². The van der Waals surface area contributed by atoms with Gasteiger partial charge in [0.2, 0.25) is 5.91 Å². The van der Waals surface area contributed by atoms with Gasteiger partial charge in [0.15, 0.2) is 0 Å². The van der Waals surface area contributed by atoms with Crippen LogP contribution in [-0.2, 0) is 4.79 Å². The van der Waals surface area contributed by atoms with Gasteiger partial charge in [0, 0.05) is 25.3 Å². The van der Waals surface area contributed by atoms with E-state index in [2.05, 4.69) is 34.6 Å². The van der Waals surface area contributed by atoms with E-state index in [4.69, 9.17) is 0 Å². The van der Waals surface area contributed by atoms with Crippen LogP contribution in [0.5, 0.6) is 0 Å². The van der Waals surface area contributed by atoms with Crippen LogP contribution in [0.1, 0.15) is 53.9 Å². The van der Waals surface area contributed by atoms with Crippen molar-refractivity contribution in [2.75, 3.05) is 24.6 Å². The lowest BCUT2D eigenvalue weighted by Gasteiger charge is -2.26. The zero-order valence-corrected chi connectivity index (χ0v) is 13.0. The van der Waals surface area contributed by atoms with Gasteiger partial charge in [-0.2, -0.15) is 11.8 Å². The molecule has 0 aliphatic carbocycles. The molecule has 0 unspecified atom stereocenters. The number of amides is 1. The summed E-state index contributed by atoms with van der Waals surface area (Å²) in [5, 5.41) is 0. The summed E-state index contributed by atoms with van der Waals surface area (Å²) in [7, 11) is 0. The third-order valence-corrected chi connectivity index (χ3v) is 3.86. The first-order chi connectivity index (χ1) is 7.90. The van der Waals surface area contributed by atoms with Gasteiger partial charge in [-0.25, -0.2) is 0 Å². The number of carbonyl (C=O) groups is 1. The number of thioether (sulfide) groups is 1. The summed E-state index contributed by atoms with van der Waals surface area (Å²) in [6.45, 7) is 12.7. The van der Waals surface area contributed by atoms with Gasteiger partial charge in [-0.15, -0.1) is 0 Å². The van der Waals surface area contributed by atoms with Crippen LogP contribution in [0.15, 0.2) is 0 Å². The van der Waals surface area contributed by atoms with Crippen molar-refractivity contribution in [1.82, 2.24) is 4.90 Å². The summed E-state index contributed by atoms with van der Waals surface area (Å²) in [5.41, 5.74) is 0.310. The van der Waals surface area contributed by atoms with Gasteiger partial charge in [0.05, 0.1) is 0 Å². The molecule has 2 nitrogen and oxygen atoms in total. The van der Waals surface area contributed by atoms with Crippen molar-refractivity contribution in [2.24, 2.45) is 5.41 Å². The average Bonchev–Trinajstić information content (AvgIpc) is 2.23. The van der Waals surface area contributed by atoms with Crippen molar-refractivity contribution in [3.8, 4) is 0 Å². The molecule has 0 aromatic heterocycles. The number of hydrogen-bond acceptors (Lipinski definition) is 2. The normalized spacial score (nSPS) is 11.6. The number of hydrogen-bond donors (Lipinski definition) is 0. The van der Waals surface area contributed by atoms with Gasteiger partial charge in [-0.1, -0.05) is 27.7 Å². The summed E-state index contributed by atoms with van der Waals surface area (Å²) < 4.78 is 0. The molecule has 0 saturated carbocycles. The summed E-state index contributed by atoms with van der Waals surface area (Å²) in [5.74, 6) is 2.46. The summed E-state index contributed by atoms with van der Waals surface area (Å²) >= 11 is 1.89. The zero-order chi connectivity index (χ0) is 13.3. The Hall–Kier alpha value is -0.180. The third-order valence-electron chi connectivity index (χ3n) is 2.67. The van der Waals surface area contributed by atoms with Gasteiger partial charge in [0.25, 0.3) is 0 Å². The molecule has 0 fully saturated rings. The molecular formula is C14H29NOS. The molecule has 0 bridgehead atoms. The molecule has 0 aliphatic heterocycles. The Morgan fingerprint density at radius 1 is 1.18 bits per heavy atom. The molecule has 0 aromatic rings. The van der Waals surface area contributed by atoms with Crippen molar-refractivity contribution >= 4 is 17.7 Å². The van der Waals surface area contributed by atoms with Crippen LogP contribution in [0.2, 0.25) is 0 Å². The third kappa shape index (κ3) is 9.51. The van der Waals surface area contributed by atoms with E-state index in [9.17, 15) is 4.79 Å². The van der Waals surface area contributed by atoms with Gasteiger partial charge in [-0.3, -0.25) is 4.79 Å². The molecule has 0 saturated heterocycles. The largest absolute Gasteiger partial charge is 0.343 e. The van der Waals surface area contributed by atoms with Gasteiger partial charge < -0.3 is 4.90 Å². The minimum Gasteiger partial charge on any atom is -0.343 e. The fourth-order valence-electron chi connectivity index (χ4n) is 1.49. The molecule has 0 radical (unpaired) electrons. The fourth-order valence-corrected chi connectivity index (χ4v) is 2.31. The predicted octanol–water partition coefficient (Wildman–Crippen LogP) is 3.80. The minimum atomic E-state index is 0.310. The lowest BCUT2D eigenvalue weighted by molar-refractivity contribution is -0.130. The molecule has 102 valence electrons. The summed E-state index contributed by atoms with van der Waals surface area (Å²) in [6, 6.07) is 0. The lowest BCUT2D eigenvalue weighted by Crippen LogP contribution is -2.33. The van der Waals surface area contributed by atoms with Gasteiger partial charge in [0.1, 0.15) is 0 Å². The smallest absolute Gasteiger partial charge is 0.223 e. The highest BCUT2D eigenvalue weighted by Gasteiger charge is 2.16. The van der Waals surface area contributed by atoms with Crippen LogP contribution in [0.4, 0.5) is 0 Å². The first-order valence-corrected chi connectivity index (χ1v) is 7.91. The number of nitrogens with zero attached hydrogens (tertiary/aromatic N) is 1. The molecule has 3 heteroatoms. The van der Waals surface area contributed by atoms with E-state index in [1.165, 1.54) is 12.2 Å². The van der Waals surface area contributed by atoms with E-state index < -0.39 is 0 Å². The second kappa shape index (κ2) is 8.84. The van der Waals surface area contributed by atoms with E-state index in [0.717, 1.165) is 25.3 Å². The second-order valence-corrected chi connectivity index (χ2v) is 6.87. The highest BCUT2D eigenvalue weighted by atomic mass is 32.2. The van der Waals surface area contributed by atoms with Crippen LogP contribution in [0.25, 0.3) is 0 Å². The first kappa shape index (κ1) is 16.8. The molecule has 0 spiro atoms. The highest BCUT2D eigenvalue weighted by molar-refractivity contribution is 7.99. The van der Waals surface area contributed by atoms with E-state index in [-0.39, 0.29) is 0 Å². The van der Waals surface area contributed by atoms with Crippen LogP contribution in [0, 0.1) is 5.41 Å². The molecule has 1 amide bonds. The van der Waals surface area contributed by atoms with Crippen molar-refractivity contribution in [3.63, 3.8) is 0 Å². The zero-order valence-electron chi connectivity index (χ0n) is 12.2. The predicted molar refractivity (Wildman–Crippen MR) is 78.6 cm³/mol. The SMILES string of the molecule is CCCSCCC(=O)N(CC)CCC(C)(C)C. The highest BCUT2D eigenvalue weighted by Crippen LogP contribution is 2.19. The summed E-state index contributed by atoms with van der Waals surface area (Å²) in [6.07, 6.45) is 2.97. The fraction of sp³-hybridized carbons (Fsp3) is 0.929. The number of rotatable bonds is 8. The van der Waals surface area contributed by atoms with Crippen molar-refractivity contribution < 1.29 is 4.79 Å². The topological polar surface area (TPSA) is 20.3 Å². The molecular weight excluding hydrogens is 230 g/mol. The Labute approximate surface area is 112 Å². The molecule has 0 N–H and O–H groups in total. The van der Waals surface area contributed by atoms with Crippen LogP contribution >= 0.6 is 11.8 Å². The standard InChI is InChI=1S/C14H29NOS/c1-6-11-17-12-8-13(16)15(7-2)10-9-14(3,4)5/h6-12H2,1-5H3. The van der Waals surface area contributed by atoms with E-state index in [1.54, 1.807) is 0 Å².